The van der Waals surface area contributed by atoms with Crippen LogP contribution in [0, 0.1) is 5.82 Å². The summed E-state index contributed by atoms with van der Waals surface area (Å²) in [7, 11) is -3.98. The normalized spacial score (nSPS) is 13.8. The highest BCUT2D eigenvalue weighted by Gasteiger charge is 2.19. The Balaban J connectivity index is 1.50. The molecule has 3 aromatic rings. The molecule has 6 nitrogen and oxygen atoms in total. The van der Waals surface area contributed by atoms with Crippen molar-refractivity contribution in [1.82, 2.24) is 0 Å². The highest BCUT2D eigenvalue weighted by molar-refractivity contribution is 7.92. The quantitative estimate of drug-likeness (QED) is 0.594. The third kappa shape index (κ3) is 4.69. The molecule has 1 aliphatic rings. The molecule has 0 bridgehead atoms. The molecule has 1 saturated heterocycles. The van der Waals surface area contributed by atoms with Crippen LogP contribution in [0.4, 0.5) is 21.5 Å². The third-order valence-corrected chi connectivity index (χ3v) is 6.53. The van der Waals surface area contributed by atoms with Crippen LogP contribution in [0.2, 0.25) is 0 Å². The van der Waals surface area contributed by atoms with Crippen LogP contribution in [-0.2, 0) is 10.0 Å². The second-order valence-corrected chi connectivity index (χ2v) is 8.96. The average Bonchev–Trinajstić information content (AvgIpc) is 3.30. The fourth-order valence-electron chi connectivity index (χ4n) is 3.54. The fourth-order valence-corrected chi connectivity index (χ4v) is 4.61. The summed E-state index contributed by atoms with van der Waals surface area (Å²) >= 11 is 0. The van der Waals surface area contributed by atoms with Crippen molar-refractivity contribution in [1.29, 1.82) is 0 Å². The molecule has 0 spiro atoms. The Kier molecular flexibility index (Phi) is 5.90. The van der Waals surface area contributed by atoms with E-state index in [1.54, 1.807) is 0 Å². The van der Waals surface area contributed by atoms with Crippen molar-refractivity contribution < 1.29 is 17.6 Å². The van der Waals surface area contributed by atoms with Crippen LogP contribution in [0.25, 0.3) is 0 Å². The number of sulfonamides is 1. The number of halogens is 1. The van der Waals surface area contributed by atoms with Crippen LogP contribution in [0.15, 0.2) is 77.7 Å². The van der Waals surface area contributed by atoms with Crippen LogP contribution in [0.3, 0.4) is 0 Å². The zero-order valence-corrected chi connectivity index (χ0v) is 17.5. The lowest BCUT2D eigenvalue weighted by atomic mass is 10.2. The smallest absolute Gasteiger partial charge is 0.261 e. The minimum absolute atomic E-state index is 0.0650. The number of rotatable bonds is 6. The highest BCUT2D eigenvalue weighted by Crippen LogP contribution is 2.29. The summed E-state index contributed by atoms with van der Waals surface area (Å²) in [6.45, 7) is 1.91. The van der Waals surface area contributed by atoms with Crippen LogP contribution >= 0.6 is 0 Å². The molecule has 1 amide bonds. The van der Waals surface area contributed by atoms with Crippen LogP contribution < -0.4 is 14.9 Å². The first-order chi connectivity index (χ1) is 14.9. The maximum atomic E-state index is 13.8. The van der Waals surface area contributed by atoms with Gasteiger partial charge in [-0.15, -0.1) is 0 Å². The lowest BCUT2D eigenvalue weighted by molar-refractivity contribution is 0.102. The molecule has 160 valence electrons. The number of hydrogen-bond acceptors (Lipinski definition) is 4. The van der Waals surface area contributed by atoms with Crippen LogP contribution in [0.5, 0.6) is 0 Å². The Hall–Kier alpha value is -3.39. The van der Waals surface area contributed by atoms with E-state index in [4.69, 9.17) is 0 Å². The van der Waals surface area contributed by atoms with Gasteiger partial charge in [-0.25, -0.2) is 12.8 Å². The number of carbonyl (C=O) groups is 1. The number of para-hydroxylation sites is 3. The molecule has 4 rings (SSSR count). The van der Waals surface area contributed by atoms with Gasteiger partial charge < -0.3 is 10.2 Å². The van der Waals surface area contributed by atoms with Crippen molar-refractivity contribution in [2.75, 3.05) is 28.0 Å². The van der Waals surface area contributed by atoms with E-state index in [-0.39, 0.29) is 16.5 Å². The van der Waals surface area contributed by atoms with Gasteiger partial charge in [0.05, 0.1) is 22.0 Å². The van der Waals surface area contributed by atoms with Gasteiger partial charge in [0.2, 0.25) is 0 Å². The Morgan fingerprint density at radius 3 is 2.13 bits per heavy atom. The third-order valence-electron chi connectivity index (χ3n) is 5.14. The van der Waals surface area contributed by atoms with Crippen LogP contribution in [0.1, 0.15) is 23.2 Å². The molecule has 1 aliphatic heterocycles. The zero-order valence-electron chi connectivity index (χ0n) is 16.7. The van der Waals surface area contributed by atoms with Gasteiger partial charge in [-0.05, 0) is 61.4 Å². The zero-order chi connectivity index (χ0) is 21.8. The molecule has 8 heteroatoms. The van der Waals surface area contributed by atoms with Gasteiger partial charge in [-0.2, -0.15) is 0 Å². The number of nitrogens with one attached hydrogen (secondary N) is 2. The minimum Gasteiger partial charge on any atom is -0.370 e. The highest BCUT2D eigenvalue weighted by atomic mass is 32.2. The second-order valence-electron chi connectivity index (χ2n) is 7.28. The van der Waals surface area contributed by atoms with E-state index in [1.807, 2.05) is 24.3 Å². The van der Waals surface area contributed by atoms with Crippen molar-refractivity contribution in [3.8, 4) is 0 Å². The molecular weight excluding hydrogens is 417 g/mol. The maximum Gasteiger partial charge on any atom is 0.261 e. The molecule has 1 fully saturated rings. The Labute approximate surface area is 180 Å². The largest absolute Gasteiger partial charge is 0.370 e. The molecule has 0 radical (unpaired) electrons. The van der Waals surface area contributed by atoms with Gasteiger partial charge in [0.1, 0.15) is 5.82 Å². The van der Waals surface area contributed by atoms with E-state index in [0.717, 1.165) is 31.6 Å². The summed E-state index contributed by atoms with van der Waals surface area (Å²) < 4.78 is 41.1. The number of hydrogen-bond donors (Lipinski definition) is 2. The molecule has 1 heterocycles. The number of anilines is 3. The summed E-state index contributed by atoms with van der Waals surface area (Å²) in [4.78, 5) is 14.9. The molecule has 3 aromatic carbocycles. The first-order valence-electron chi connectivity index (χ1n) is 9.97. The van der Waals surface area contributed by atoms with Gasteiger partial charge >= 0.3 is 0 Å². The van der Waals surface area contributed by atoms with Gasteiger partial charge in [0, 0.05) is 18.7 Å². The van der Waals surface area contributed by atoms with Gasteiger partial charge in [-0.1, -0.05) is 24.3 Å². The predicted molar refractivity (Wildman–Crippen MR) is 119 cm³/mol. The van der Waals surface area contributed by atoms with E-state index in [2.05, 4.69) is 14.9 Å². The van der Waals surface area contributed by atoms with Crippen LogP contribution in [-0.4, -0.2) is 27.4 Å². The Bertz CT molecular complexity index is 1190. The van der Waals surface area contributed by atoms with E-state index < -0.39 is 15.8 Å². The number of nitrogens with zero attached hydrogens (tertiary/aromatic N) is 1. The van der Waals surface area contributed by atoms with Crippen molar-refractivity contribution in [3.63, 3.8) is 0 Å². The molecule has 0 unspecified atom stereocenters. The second kappa shape index (κ2) is 8.77. The average molecular weight is 440 g/mol. The molecular formula is C23H22FN3O3S. The Morgan fingerprint density at radius 2 is 1.45 bits per heavy atom. The van der Waals surface area contributed by atoms with Gasteiger partial charge in [0.25, 0.3) is 15.9 Å². The van der Waals surface area contributed by atoms with Crippen molar-refractivity contribution in [2.24, 2.45) is 0 Å². The predicted octanol–water partition coefficient (Wildman–Crippen LogP) is 4.48. The summed E-state index contributed by atoms with van der Waals surface area (Å²) in [6.07, 6.45) is 2.25. The number of benzene rings is 3. The summed E-state index contributed by atoms with van der Waals surface area (Å²) in [6, 6.07) is 18.7. The minimum atomic E-state index is -3.98. The number of amides is 1. The Morgan fingerprint density at radius 1 is 0.839 bits per heavy atom. The monoisotopic (exact) mass is 439 g/mol. The molecule has 0 saturated carbocycles. The van der Waals surface area contributed by atoms with Crippen molar-refractivity contribution >= 4 is 33.0 Å². The first kappa shape index (κ1) is 20.9. The lowest BCUT2D eigenvalue weighted by Crippen LogP contribution is -2.21. The molecule has 0 aliphatic carbocycles. The van der Waals surface area contributed by atoms with E-state index in [1.165, 1.54) is 48.5 Å². The van der Waals surface area contributed by atoms with Crippen molar-refractivity contribution in [2.45, 2.75) is 17.7 Å². The summed E-state index contributed by atoms with van der Waals surface area (Å²) in [5, 5.41) is 2.91. The summed E-state index contributed by atoms with van der Waals surface area (Å²) in [5.74, 6) is -1.00. The van der Waals surface area contributed by atoms with Gasteiger partial charge in [-0.3, -0.25) is 9.52 Å². The maximum absolute atomic E-state index is 13.8. The SMILES string of the molecule is O=C(Nc1ccccc1N1CCCC1)c1ccc(S(=O)(=O)Nc2ccccc2F)cc1. The summed E-state index contributed by atoms with van der Waals surface area (Å²) in [5.41, 5.74) is 1.87. The van der Waals surface area contributed by atoms with E-state index in [9.17, 15) is 17.6 Å². The first-order valence-corrected chi connectivity index (χ1v) is 11.4. The lowest BCUT2D eigenvalue weighted by Gasteiger charge is -2.21. The molecule has 31 heavy (non-hydrogen) atoms. The molecule has 0 atom stereocenters. The van der Waals surface area contributed by atoms with Crippen molar-refractivity contribution in [3.05, 3.63) is 84.2 Å². The topological polar surface area (TPSA) is 78.5 Å². The van der Waals surface area contributed by atoms with E-state index >= 15 is 0 Å². The fraction of sp³-hybridized carbons (Fsp3) is 0.174. The number of carbonyl (C=O) groups excluding carboxylic acids is 1. The molecule has 2 N–H and O–H groups in total. The van der Waals surface area contributed by atoms with Gasteiger partial charge in [0.15, 0.2) is 0 Å². The molecule has 0 aromatic heterocycles. The van der Waals surface area contributed by atoms with E-state index in [0.29, 0.717) is 11.3 Å². The standard InChI is InChI=1S/C23H22FN3O3S/c24-19-7-1-2-8-20(19)26-31(29,30)18-13-11-17(12-14-18)23(28)25-21-9-3-4-10-22(21)27-15-5-6-16-27/h1-4,7-14,26H,5-6,15-16H2,(H,25,28).